The highest BCUT2D eigenvalue weighted by atomic mass is 14.9. The molecular weight excluding hydrogens is 266 g/mol. The third-order valence-corrected chi connectivity index (χ3v) is 3.60. The second-order valence-electron chi connectivity index (χ2n) is 5.26. The average molecular weight is 283 g/mol. The minimum atomic E-state index is 0.896. The quantitative estimate of drug-likeness (QED) is 0.600. The smallest absolute Gasteiger partial charge is 0.0495 e. The van der Waals surface area contributed by atoms with Crippen LogP contribution in [0.2, 0.25) is 0 Å². The van der Waals surface area contributed by atoms with Crippen LogP contribution in [0.4, 0.5) is 0 Å². The van der Waals surface area contributed by atoms with Crippen LogP contribution in [-0.2, 0) is 0 Å². The van der Waals surface area contributed by atoms with E-state index in [0.717, 1.165) is 22.4 Å². The van der Waals surface area contributed by atoms with Gasteiger partial charge in [0.25, 0.3) is 0 Å². The molecule has 0 saturated carbocycles. The van der Waals surface area contributed by atoms with E-state index in [9.17, 15) is 0 Å². The molecule has 22 heavy (non-hydrogen) atoms. The topological polar surface area (TPSA) is 4.93 Å². The lowest BCUT2D eigenvalue weighted by Gasteiger charge is -2.02. The van der Waals surface area contributed by atoms with Crippen molar-refractivity contribution in [2.24, 2.45) is 0 Å². The molecule has 0 aliphatic rings. The van der Waals surface area contributed by atoms with E-state index in [-0.39, 0.29) is 0 Å². The molecule has 0 fully saturated rings. The number of nitrogens with zero attached hydrogens (tertiary/aromatic N) is 1. The van der Waals surface area contributed by atoms with Crippen LogP contribution in [0.5, 0.6) is 0 Å². The van der Waals surface area contributed by atoms with E-state index in [1.165, 1.54) is 5.56 Å². The molecule has 0 atom stereocenters. The predicted molar refractivity (Wildman–Crippen MR) is 93.8 cm³/mol. The molecule has 0 spiro atoms. The molecular formula is C21H17N. The Hall–Kier alpha value is -2.98. The fraction of sp³-hybridized carbons (Fsp3) is 0.0476. The van der Waals surface area contributed by atoms with Crippen molar-refractivity contribution in [2.45, 2.75) is 6.92 Å². The van der Waals surface area contributed by atoms with Crippen molar-refractivity contribution in [1.82, 2.24) is 4.57 Å². The Morgan fingerprint density at radius 1 is 0.909 bits per heavy atom. The van der Waals surface area contributed by atoms with E-state index < -0.39 is 0 Å². The molecule has 1 heteroatoms. The maximum absolute atomic E-state index is 5.64. The van der Waals surface area contributed by atoms with E-state index in [0.29, 0.717) is 0 Å². The van der Waals surface area contributed by atoms with Crippen LogP contribution in [0.1, 0.15) is 22.3 Å². The summed E-state index contributed by atoms with van der Waals surface area (Å²) in [5.41, 5.74) is 5.46. The van der Waals surface area contributed by atoms with Gasteiger partial charge in [-0.15, -0.1) is 6.42 Å². The number of hydrogen-bond donors (Lipinski definition) is 0. The molecule has 1 aromatic heterocycles. The molecule has 0 N–H and O–H groups in total. The molecule has 0 unspecified atom stereocenters. The van der Waals surface area contributed by atoms with Gasteiger partial charge < -0.3 is 4.57 Å². The number of aromatic nitrogens is 1. The van der Waals surface area contributed by atoms with Crippen molar-refractivity contribution in [2.75, 3.05) is 0 Å². The van der Waals surface area contributed by atoms with Gasteiger partial charge in [-0.3, -0.25) is 0 Å². The highest BCUT2D eigenvalue weighted by Gasteiger charge is 2.03. The lowest BCUT2D eigenvalue weighted by atomic mass is 10.1. The Balaban J connectivity index is 1.94. The first-order valence-corrected chi connectivity index (χ1v) is 7.25. The summed E-state index contributed by atoms with van der Waals surface area (Å²) >= 11 is 0. The van der Waals surface area contributed by atoms with Gasteiger partial charge >= 0.3 is 0 Å². The van der Waals surface area contributed by atoms with Gasteiger partial charge in [0.05, 0.1) is 0 Å². The minimum absolute atomic E-state index is 0.896. The number of aryl methyl sites for hydroxylation is 1. The molecule has 0 aliphatic carbocycles. The van der Waals surface area contributed by atoms with Gasteiger partial charge in [-0.2, -0.15) is 0 Å². The number of hydrogen-bond acceptors (Lipinski definition) is 0. The number of benzene rings is 2. The Kier molecular flexibility index (Phi) is 3.94. The summed E-state index contributed by atoms with van der Waals surface area (Å²) < 4.78 is 2.07. The Morgan fingerprint density at radius 3 is 2.32 bits per heavy atom. The van der Waals surface area contributed by atoms with Crippen molar-refractivity contribution in [3.63, 3.8) is 0 Å². The Morgan fingerprint density at radius 2 is 1.64 bits per heavy atom. The Bertz CT molecular complexity index is 828. The van der Waals surface area contributed by atoms with Crippen molar-refractivity contribution < 1.29 is 0 Å². The van der Waals surface area contributed by atoms with Crippen LogP contribution in [-0.4, -0.2) is 4.57 Å². The van der Waals surface area contributed by atoms with Crippen molar-refractivity contribution in [3.05, 3.63) is 89.2 Å². The monoisotopic (exact) mass is 283 g/mol. The molecule has 0 saturated heterocycles. The van der Waals surface area contributed by atoms with Gasteiger partial charge in [0.2, 0.25) is 0 Å². The highest BCUT2D eigenvalue weighted by Crippen LogP contribution is 2.18. The first kappa shape index (κ1) is 14.0. The van der Waals surface area contributed by atoms with Crippen molar-refractivity contribution >= 4 is 12.2 Å². The maximum Gasteiger partial charge on any atom is 0.0495 e. The predicted octanol–water partition coefficient (Wildman–Crippen LogP) is 4.94. The summed E-state index contributed by atoms with van der Waals surface area (Å²) in [6, 6.07) is 18.6. The summed E-state index contributed by atoms with van der Waals surface area (Å²) in [5, 5.41) is 0. The minimum Gasteiger partial charge on any atom is -0.322 e. The zero-order chi connectivity index (χ0) is 15.4. The normalized spacial score (nSPS) is 10.7. The van der Waals surface area contributed by atoms with Crippen molar-refractivity contribution in [3.8, 4) is 18.0 Å². The standard InChI is InChI=1S/C21H17N/c1-3-19-15-22(21-13-9-17(2)10-14-21)16-20(19)12-11-18-7-5-4-6-8-18/h1,4-16H,2H3/b12-11+. The molecule has 0 bridgehead atoms. The first-order valence-electron chi connectivity index (χ1n) is 7.25. The van der Waals surface area contributed by atoms with Crippen LogP contribution < -0.4 is 0 Å². The van der Waals surface area contributed by atoms with Crippen LogP contribution in [0, 0.1) is 19.3 Å². The second kappa shape index (κ2) is 6.20. The van der Waals surface area contributed by atoms with Crippen LogP contribution in [0.25, 0.3) is 17.8 Å². The van der Waals surface area contributed by atoms with E-state index >= 15 is 0 Å². The summed E-state index contributed by atoms with van der Waals surface area (Å²) in [6.07, 6.45) is 13.8. The molecule has 1 heterocycles. The lowest BCUT2D eigenvalue weighted by Crippen LogP contribution is -1.88. The summed E-state index contributed by atoms with van der Waals surface area (Å²) in [7, 11) is 0. The van der Waals surface area contributed by atoms with Gasteiger partial charge in [0, 0.05) is 29.2 Å². The molecule has 1 nitrogen and oxygen atoms in total. The molecule has 0 aliphatic heterocycles. The van der Waals surface area contributed by atoms with Gasteiger partial charge in [0.15, 0.2) is 0 Å². The van der Waals surface area contributed by atoms with E-state index in [1.807, 2.05) is 24.4 Å². The van der Waals surface area contributed by atoms with Gasteiger partial charge in [-0.1, -0.05) is 66.1 Å². The molecule has 3 rings (SSSR count). The lowest BCUT2D eigenvalue weighted by molar-refractivity contribution is 1.08. The zero-order valence-corrected chi connectivity index (χ0v) is 12.5. The molecule has 106 valence electrons. The van der Waals surface area contributed by atoms with E-state index in [1.54, 1.807) is 0 Å². The summed E-state index contributed by atoms with van der Waals surface area (Å²) in [4.78, 5) is 0. The van der Waals surface area contributed by atoms with Gasteiger partial charge in [-0.05, 0) is 24.6 Å². The fourth-order valence-electron chi connectivity index (χ4n) is 2.34. The largest absolute Gasteiger partial charge is 0.322 e. The number of rotatable bonds is 3. The molecule has 2 aromatic carbocycles. The van der Waals surface area contributed by atoms with Gasteiger partial charge in [0.1, 0.15) is 0 Å². The van der Waals surface area contributed by atoms with E-state index in [4.69, 9.17) is 6.42 Å². The third-order valence-electron chi connectivity index (χ3n) is 3.60. The molecule has 0 radical (unpaired) electrons. The molecule has 3 aromatic rings. The maximum atomic E-state index is 5.64. The second-order valence-corrected chi connectivity index (χ2v) is 5.26. The Labute approximate surface area is 131 Å². The van der Waals surface area contributed by atoms with Crippen LogP contribution >= 0.6 is 0 Å². The highest BCUT2D eigenvalue weighted by molar-refractivity contribution is 5.73. The summed E-state index contributed by atoms with van der Waals surface area (Å²) in [6.45, 7) is 2.08. The zero-order valence-electron chi connectivity index (χ0n) is 12.5. The summed E-state index contributed by atoms with van der Waals surface area (Å²) in [5.74, 6) is 2.76. The molecule has 0 amide bonds. The van der Waals surface area contributed by atoms with Crippen LogP contribution in [0.15, 0.2) is 67.0 Å². The fourth-order valence-corrected chi connectivity index (χ4v) is 2.34. The third kappa shape index (κ3) is 3.02. The van der Waals surface area contributed by atoms with Crippen LogP contribution in [0.3, 0.4) is 0 Å². The van der Waals surface area contributed by atoms with E-state index in [2.05, 4.69) is 72.2 Å². The number of terminal acetylenes is 1. The SMILES string of the molecule is C#Cc1cn(-c2ccc(C)cc2)cc1/C=C/c1ccccc1. The van der Waals surface area contributed by atoms with Crippen molar-refractivity contribution in [1.29, 1.82) is 0 Å². The van der Waals surface area contributed by atoms with Gasteiger partial charge in [-0.25, -0.2) is 0 Å². The average Bonchev–Trinajstić information content (AvgIpc) is 2.98. The first-order chi connectivity index (χ1) is 10.8.